The summed E-state index contributed by atoms with van der Waals surface area (Å²) in [5.74, 6) is -3.82. The number of carbonyl (C=O) groups excluding carboxylic acids is 2. The van der Waals surface area contributed by atoms with Crippen molar-refractivity contribution in [3.05, 3.63) is 42.5 Å². The van der Waals surface area contributed by atoms with E-state index in [1.807, 2.05) is 0 Å². The van der Waals surface area contributed by atoms with Crippen LogP contribution in [-0.4, -0.2) is 40.3 Å². The van der Waals surface area contributed by atoms with Crippen LogP contribution in [0.2, 0.25) is 0 Å². The number of ether oxygens (including phenoxy) is 2. The fourth-order valence-corrected chi connectivity index (χ4v) is 3.10. The molecule has 0 amide bonds. The maximum atomic E-state index is 12.2. The zero-order chi connectivity index (χ0) is 16.0. The summed E-state index contributed by atoms with van der Waals surface area (Å²) in [7, 11) is -1.51. The summed E-state index contributed by atoms with van der Waals surface area (Å²) in [5.41, 5.74) is -0.0995. The van der Waals surface area contributed by atoms with Crippen LogP contribution in [0.4, 0.5) is 0 Å². The van der Waals surface area contributed by atoms with Gasteiger partial charge < -0.3 is 9.47 Å². The van der Waals surface area contributed by atoms with Crippen molar-refractivity contribution in [2.24, 2.45) is 5.92 Å². The molecule has 0 N–H and O–H groups in total. The van der Waals surface area contributed by atoms with Crippen molar-refractivity contribution < 1.29 is 27.5 Å². The average molecular weight is 312 g/mol. The van der Waals surface area contributed by atoms with E-state index in [9.17, 15) is 18.0 Å². The summed E-state index contributed by atoms with van der Waals surface area (Å²) in [4.78, 5) is 23.3. The second kappa shape index (κ2) is 7.03. The third kappa shape index (κ3) is 4.16. The van der Waals surface area contributed by atoms with Gasteiger partial charge in [0.05, 0.1) is 24.9 Å². The van der Waals surface area contributed by atoms with Gasteiger partial charge in [-0.2, -0.15) is 0 Å². The molecular weight excluding hydrogens is 296 g/mol. The highest BCUT2D eigenvalue weighted by Crippen LogP contribution is 2.19. The predicted molar refractivity (Wildman–Crippen MR) is 75.2 cm³/mol. The lowest BCUT2D eigenvalue weighted by atomic mass is 10.0. The molecule has 1 aromatic rings. The highest BCUT2D eigenvalue weighted by atomic mass is 32.2. The lowest BCUT2D eigenvalue weighted by molar-refractivity contribution is -0.156. The Morgan fingerprint density at radius 3 is 2.00 bits per heavy atom. The topological polar surface area (TPSA) is 86.7 Å². The minimum absolute atomic E-state index is 0.0830. The molecule has 7 heteroatoms. The Hall–Kier alpha value is -2.15. The maximum absolute atomic E-state index is 12.2. The molecule has 0 atom stereocenters. The van der Waals surface area contributed by atoms with E-state index in [4.69, 9.17) is 0 Å². The molecule has 0 saturated heterocycles. The molecule has 1 rings (SSSR count). The Morgan fingerprint density at radius 2 is 1.57 bits per heavy atom. The molecule has 6 nitrogen and oxygen atoms in total. The van der Waals surface area contributed by atoms with E-state index in [1.165, 1.54) is 12.1 Å². The number of hydrogen-bond donors (Lipinski definition) is 0. The van der Waals surface area contributed by atoms with Gasteiger partial charge >= 0.3 is 11.9 Å². The number of methoxy groups -OCH3 is 2. The Balaban J connectivity index is 3.02. The molecular formula is C14H16O6S. The van der Waals surface area contributed by atoms with Crippen molar-refractivity contribution in [2.45, 2.75) is 4.90 Å². The molecule has 1 aromatic carbocycles. The zero-order valence-electron chi connectivity index (χ0n) is 11.7. The SMILES string of the molecule is C=C(CS(=O)(=O)c1ccccc1)C(C(=O)OC)C(=O)OC. The summed E-state index contributed by atoms with van der Waals surface area (Å²) in [5, 5.41) is 0. The van der Waals surface area contributed by atoms with Gasteiger partial charge in [0.2, 0.25) is 0 Å². The highest BCUT2D eigenvalue weighted by molar-refractivity contribution is 7.91. The third-order valence-corrected chi connectivity index (χ3v) is 4.50. The van der Waals surface area contributed by atoms with E-state index < -0.39 is 33.4 Å². The van der Waals surface area contributed by atoms with Gasteiger partial charge in [0.1, 0.15) is 0 Å². The van der Waals surface area contributed by atoms with E-state index in [1.54, 1.807) is 18.2 Å². The highest BCUT2D eigenvalue weighted by Gasteiger charge is 2.34. The number of sulfone groups is 1. The van der Waals surface area contributed by atoms with Gasteiger partial charge in [0, 0.05) is 0 Å². The van der Waals surface area contributed by atoms with Gasteiger partial charge in [0.15, 0.2) is 15.8 Å². The molecule has 0 saturated carbocycles. The normalized spacial score (nSPS) is 11.0. The quantitative estimate of drug-likeness (QED) is 0.442. The number of benzene rings is 1. The Morgan fingerprint density at radius 1 is 1.10 bits per heavy atom. The molecule has 0 spiro atoms. The molecule has 0 radical (unpaired) electrons. The molecule has 114 valence electrons. The van der Waals surface area contributed by atoms with Crippen LogP contribution in [0, 0.1) is 5.92 Å². The predicted octanol–water partition coefficient (Wildman–Crippen LogP) is 0.979. The molecule has 0 aromatic heterocycles. The van der Waals surface area contributed by atoms with Gasteiger partial charge in [-0.05, 0) is 17.7 Å². The molecule has 0 aliphatic rings. The summed E-state index contributed by atoms with van der Waals surface area (Å²) < 4.78 is 33.4. The van der Waals surface area contributed by atoms with Gasteiger partial charge in [-0.25, -0.2) is 8.42 Å². The summed E-state index contributed by atoms with van der Waals surface area (Å²) >= 11 is 0. The number of esters is 2. The van der Waals surface area contributed by atoms with E-state index in [-0.39, 0.29) is 10.5 Å². The van der Waals surface area contributed by atoms with E-state index >= 15 is 0 Å². The van der Waals surface area contributed by atoms with E-state index in [0.717, 1.165) is 14.2 Å². The molecule has 21 heavy (non-hydrogen) atoms. The molecule has 0 aliphatic carbocycles. The second-order valence-corrected chi connectivity index (χ2v) is 6.20. The van der Waals surface area contributed by atoms with Crippen molar-refractivity contribution >= 4 is 21.8 Å². The Bertz CT molecular complexity index is 617. The Labute approximate surface area is 123 Å². The molecule has 0 aliphatic heterocycles. The first kappa shape index (κ1) is 16.9. The number of rotatable bonds is 6. The van der Waals surface area contributed by atoms with Crippen molar-refractivity contribution in [3.63, 3.8) is 0 Å². The minimum atomic E-state index is -3.70. The maximum Gasteiger partial charge on any atom is 0.324 e. The van der Waals surface area contributed by atoms with Crippen LogP contribution in [0.3, 0.4) is 0 Å². The standard InChI is InChI=1S/C14H16O6S/c1-10(12(13(15)19-2)14(16)20-3)9-21(17,18)11-7-5-4-6-8-11/h4-8,12H,1,9H2,2-3H3. The van der Waals surface area contributed by atoms with E-state index in [0.29, 0.717) is 0 Å². The fourth-order valence-electron chi connectivity index (χ4n) is 1.70. The summed E-state index contributed by atoms with van der Waals surface area (Å²) in [6, 6.07) is 7.68. The van der Waals surface area contributed by atoms with Crippen LogP contribution in [0.1, 0.15) is 0 Å². The van der Waals surface area contributed by atoms with Crippen LogP contribution in [-0.2, 0) is 28.9 Å². The molecule has 0 unspecified atom stereocenters. The summed E-state index contributed by atoms with van der Waals surface area (Å²) in [6.45, 7) is 3.52. The minimum Gasteiger partial charge on any atom is -0.468 e. The second-order valence-electron chi connectivity index (χ2n) is 4.21. The van der Waals surface area contributed by atoms with Gasteiger partial charge in [0.25, 0.3) is 0 Å². The first-order valence-corrected chi connectivity index (χ1v) is 7.60. The van der Waals surface area contributed by atoms with Crippen LogP contribution in [0.15, 0.2) is 47.4 Å². The number of carbonyl (C=O) groups is 2. The lowest BCUT2D eigenvalue weighted by Crippen LogP contribution is -2.30. The molecule has 0 fully saturated rings. The lowest BCUT2D eigenvalue weighted by Gasteiger charge is -2.15. The first-order chi connectivity index (χ1) is 9.83. The Kier molecular flexibility index (Phi) is 5.66. The van der Waals surface area contributed by atoms with Crippen LogP contribution < -0.4 is 0 Å². The zero-order valence-corrected chi connectivity index (χ0v) is 12.6. The fraction of sp³-hybridized carbons (Fsp3) is 0.286. The largest absolute Gasteiger partial charge is 0.468 e. The molecule has 0 heterocycles. The smallest absolute Gasteiger partial charge is 0.324 e. The average Bonchev–Trinajstić information content (AvgIpc) is 2.47. The van der Waals surface area contributed by atoms with Gasteiger partial charge in [-0.15, -0.1) is 0 Å². The van der Waals surface area contributed by atoms with Crippen molar-refractivity contribution in [3.8, 4) is 0 Å². The monoisotopic (exact) mass is 312 g/mol. The van der Waals surface area contributed by atoms with Gasteiger partial charge in [-0.3, -0.25) is 9.59 Å². The molecule has 0 bridgehead atoms. The van der Waals surface area contributed by atoms with Crippen LogP contribution >= 0.6 is 0 Å². The third-order valence-electron chi connectivity index (χ3n) is 2.76. The van der Waals surface area contributed by atoms with Crippen LogP contribution in [0.25, 0.3) is 0 Å². The van der Waals surface area contributed by atoms with Crippen LogP contribution in [0.5, 0.6) is 0 Å². The van der Waals surface area contributed by atoms with Gasteiger partial charge in [-0.1, -0.05) is 24.8 Å². The van der Waals surface area contributed by atoms with Crippen molar-refractivity contribution in [1.29, 1.82) is 0 Å². The first-order valence-electron chi connectivity index (χ1n) is 5.94. The number of hydrogen-bond acceptors (Lipinski definition) is 6. The van der Waals surface area contributed by atoms with Crippen molar-refractivity contribution in [2.75, 3.05) is 20.0 Å². The van der Waals surface area contributed by atoms with E-state index in [2.05, 4.69) is 16.1 Å². The van der Waals surface area contributed by atoms with Crippen molar-refractivity contribution in [1.82, 2.24) is 0 Å². The summed E-state index contributed by atoms with van der Waals surface area (Å²) in [6.07, 6.45) is 0.